The Morgan fingerprint density at radius 2 is 1.55 bits per heavy atom. The van der Waals surface area contributed by atoms with Gasteiger partial charge in [-0.2, -0.15) is 13.2 Å². The molecule has 9 heteroatoms. The summed E-state index contributed by atoms with van der Waals surface area (Å²) in [5.41, 5.74) is 0.589. The van der Waals surface area contributed by atoms with E-state index < -0.39 is 23.6 Å². The fourth-order valence-electron chi connectivity index (χ4n) is 2.94. The highest BCUT2D eigenvalue weighted by Crippen LogP contribution is 2.30. The Bertz CT molecular complexity index is 954. The van der Waals surface area contributed by atoms with Crippen LogP contribution in [0.5, 0.6) is 11.5 Å². The molecule has 6 nitrogen and oxygen atoms in total. The maximum Gasteiger partial charge on any atom is 0.416 e. The molecule has 0 bridgehead atoms. The molecule has 0 radical (unpaired) electrons. The minimum absolute atomic E-state index is 0.117. The Hall–Kier alpha value is -3.49. The fourth-order valence-corrected chi connectivity index (χ4v) is 2.94. The van der Waals surface area contributed by atoms with Crippen LogP contribution < -0.4 is 9.47 Å². The van der Waals surface area contributed by atoms with Crippen molar-refractivity contribution >= 4 is 5.97 Å². The number of ether oxygens (including phenoxy) is 2. The molecule has 0 saturated carbocycles. The van der Waals surface area contributed by atoms with Crippen LogP contribution in [0.4, 0.5) is 13.2 Å². The highest BCUT2D eigenvalue weighted by molar-refractivity contribution is 5.68. The summed E-state index contributed by atoms with van der Waals surface area (Å²) in [4.78, 5) is 11.2. The second kappa shape index (κ2) is 10.0. The van der Waals surface area contributed by atoms with Gasteiger partial charge >= 0.3 is 12.1 Å². The van der Waals surface area contributed by atoms with Gasteiger partial charge in [0.15, 0.2) is 0 Å². The second-order valence-electron chi connectivity index (χ2n) is 6.72. The maximum absolute atomic E-state index is 12.5. The summed E-state index contributed by atoms with van der Waals surface area (Å²) < 4.78 is 53.5. The lowest BCUT2D eigenvalue weighted by Gasteiger charge is -2.13. The molecule has 0 fully saturated rings. The zero-order valence-corrected chi connectivity index (χ0v) is 16.3. The predicted octanol–water partition coefficient (Wildman–Crippen LogP) is 5.15. The standard InChI is InChI=1S/C22H20F3NO5/c23-22(24,25)16-4-8-18(9-5-16)30-12-1-11-29-17-6-2-15(3-7-17)19(14-21(27)28)20-10-13-31-26-20/h2-10,13,19H,1,11-12,14H2,(H,27,28)/t19-/m0/s1. The normalized spacial score (nSPS) is 12.4. The zero-order chi connectivity index (χ0) is 22.3. The number of halogens is 3. The smallest absolute Gasteiger partial charge is 0.416 e. The molecule has 1 N–H and O–H groups in total. The van der Waals surface area contributed by atoms with Crippen molar-refractivity contribution in [3.63, 3.8) is 0 Å². The number of carboxylic acids is 1. The lowest BCUT2D eigenvalue weighted by molar-refractivity contribution is -0.138. The number of carboxylic acid groups (broad SMARTS) is 1. The maximum atomic E-state index is 12.5. The SMILES string of the molecule is O=C(O)C[C@@H](c1ccc(OCCCOc2ccc(C(F)(F)F)cc2)cc1)c1ccon1. The Morgan fingerprint density at radius 3 is 2.03 bits per heavy atom. The molecule has 3 aromatic rings. The molecular weight excluding hydrogens is 415 g/mol. The van der Waals surface area contributed by atoms with Gasteiger partial charge in [-0.25, -0.2) is 0 Å². The molecule has 0 spiro atoms. The third kappa shape index (κ3) is 6.50. The van der Waals surface area contributed by atoms with E-state index in [0.717, 1.165) is 17.7 Å². The Balaban J connectivity index is 1.45. The molecule has 0 aliphatic carbocycles. The van der Waals surface area contributed by atoms with Gasteiger partial charge in [0, 0.05) is 18.4 Å². The molecule has 1 atom stereocenters. The lowest BCUT2D eigenvalue weighted by atomic mass is 9.92. The summed E-state index contributed by atoms with van der Waals surface area (Å²) in [5, 5.41) is 13.0. The molecule has 0 saturated heterocycles. The number of aromatic nitrogens is 1. The molecule has 164 valence electrons. The van der Waals surface area contributed by atoms with Gasteiger partial charge < -0.3 is 19.1 Å². The fraction of sp³-hybridized carbons (Fsp3) is 0.273. The Morgan fingerprint density at radius 1 is 0.968 bits per heavy atom. The number of carbonyl (C=O) groups is 1. The topological polar surface area (TPSA) is 81.8 Å². The molecule has 31 heavy (non-hydrogen) atoms. The van der Waals surface area contributed by atoms with Crippen molar-refractivity contribution in [2.24, 2.45) is 0 Å². The van der Waals surface area contributed by atoms with Crippen LogP contribution >= 0.6 is 0 Å². The quantitative estimate of drug-likeness (QED) is 0.444. The summed E-state index contributed by atoms with van der Waals surface area (Å²) in [5.74, 6) is -0.411. The summed E-state index contributed by atoms with van der Waals surface area (Å²) in [6, 6.07) is 13.2. The summed E-state index contributed by atoms with van der Waals surface area (Å²) in [6.07, 6.45) is -2.56. The van der Waals surface area contributed by atoms with E-state index in [1.165, 1.54) is 18.4 Å². The molecule has 3 rings (SSSR count). The van der Waals surface area contributed by atoms with Gasteiger partial charge in [-0.1, -0.05) is 17.3 Å². The summed E-state index contributed by atoms with van der Waals surface area (Å²) in [6.45, 7) is 0.637. The van der Waals surface area contributed by atoms with E-state index in [0.29, 0.717) is 30.2 Å². The van der Waals surface area contributed by atoms with Crippen molar-refractivity contribution in [1.82, 2.24) is 5.16 Å². The minimum Gasteiger partial charge on any atom is -0.493 e. The van der Waals surface area contributed by atoms with Gasteiger partial charge in [-0.15, -0.1) is 0 Å². The van der Waals surface area contributed by atoms with Crippen molar-refractivity contribution in [2.45, 2.75) is 24.9 Å². The van der Waals surface area contributed by atoms with Gasteiger partial charge in [0.05, 0.1) is 30.9 Å². The molecule has 0 unspecified atom stereocenters. The third-order valence-electron chi connectivity index (χ3n) is 4.48. The number of nitrogens with zero attached hydrogens (tertiary/aromatic N) is 1. The molecule has 0 aliphatic rings. The number of hydrogen-bond donors (Lipinski definition) is 1. The van der Waals surface area contributed by atoms with Crippen molar-refractivity contribution in [2.75, 3.05) is 13.2 Å². The van der Waals surface area contributed by atoms with E-state index in [4.69, 9.17) is 19.1 Å². The van der Waals surface area contributed by atoms with Gasteiger partial charge in [-0.05, 0) is 42.0 Å². The van der Waals surface area contributed by atoms with Crippen molar-refractivity contribution < 1.29 is 37.1 Å². The number of alkyl halides is 3. The van der Waals surface area contributed by atoms with Crippen LogP contribution in [-0.4, -0.2) is 29.4 Å². The van der Waals surface area contributed by atoms with Crippen LogP contribution in [0, 0.1) is 0 Å². The van der Waals surface area contributed by atoms with Crippen LogP contribution in [0.2, 0.25) is 0 Å². The molecule has 2 aromatic carbocycles. The number of hydrogen-bond acceptors (Lipinski definition) is 5. The Kier molecular flexibility index (Phi) is 7.17. The molecular formula is C22H20F3NO5. The number of aliphatic carboxylic acids is 1. The van der Waals surface area contributed by atoms with Crippen LogP contribution in [-0.2, 0) is 11.0 Å². The second-order valence-corrected chi connectivity index (χ2v) is 6.72. The van der Waals surface area contributed by atoms with Crippen LogP contribution in [0.3, 0.4) is 0 Å². The summed E-state index contributed by atoms with van der Waals surface area (Å²) in [7, 11) is 0. The first-order valence-corrected chi connectivity index (χ1v) is 9.48. The van der Waals surface area contributed by atoms with Crippen molar-refractivity contribution in [3.8, 4) is 11.5 Å². The van der Waals surface area contributed by atoms with Gasteiger partial charge in [0.25, 0.3) is 0 Å². The first-order chi connectivity index (χ1) is 14.8. The average Bonchev–Trinajstić information content (AvgIpc) is 3.26. The average molecular weight is 435 g/mol. The lowest BCUT2D eigenvalue weighted by Crippen LogP contribution is -2.09. The zero-order valence-electron chi connectivity index (χ0n) is 16.3. The van der Waals surface area contributed by atoms with E-state index in [1.54, 1.807) is 30.3 Å². The monoisotopic (exact) mass is 435 g/mol. The highest BCUT2D eigenvalue weighted by Gasteiger charge is 2.30. The molecule has 0 amide bonds. The van der Waals surface area contributed by atoms with E-state index in [2.05, 4.69) is 5.16 Å². The molecule has 0 aliphatic heterocycles. The largest absolute Gasteiger partial charge is 0.493 e. The summed E-state index contributed by atoms with van der Waals surface area (Å²) >= 11 is 0. The predicted molar refractivity (Wildman–Crippen MR) is 104 cm³/mol. The van der Waals surface area contributed by atoms with Crippen LogP contribution in [0.15, 0.2) is 65.4 Å². The van der Waals surface area contributed by atoms with E-state index in [9.17, 15) is 18.0 Å². The van der Waals surface area contributed by atoms with Crippen LogP contribution in [0.25, 0.3) is 0 Å². The highest BCUT2D eigenvalue weighted by atomic mass is 19.4. The van der Waals surface area contributed by atoms with Gasteiger partial charge in [0.2, 0.25) is 0 Å². The first kappa shape index (κ1) is 22.2. The third-order valence-corrected chi connectivity index (χ3v) is 4.48. The Labute approximate surface area is 176 Å². The van der Waals surface area contributed by atoms with Crippen molar-refractivity contribution in [1.29, 1.82) is 0 Å². The van der Waals surface area contributed by atoms with E-state index in [1.807, 2.05) is 0 Å². The molecule has 1 aromatic heterocycles. The number of benzene rings is 2. The number of rotatable bonds is 10. The molecule has 1 heterocycles. The van der Waals surface area contributed by atoms with E-state index in [-0.39, 0.29) is 13.0 Å². The van der Waals surface area contributed by atoms with Crippen molar-refractivity contribution in [3.05, 3.63) is 77.7 Å². The first-order valence-electron chi connectivity index (χ1n) is 9.48. The van der Waals surface area contributed by atoms with Gasteiger partial charge in [-0.3, -0.25) is 4.79 Å². The van der Waals surface area contributed by atoms with Crippen LogP contribution in [0.1, 0.15) is 35.6 Å². The van der Waals surface area contributed by atoms with Gasteiger partial charge in [0.1, 0.15) is 17.8 Å². The minimum atomic E-state index is -4.37. The van der Waals surface area contributed by atoms with E-state index >= 15 is 0 Å².